The number of hydrogen-bond donors (Lipinski definition) is 1. The summed E-state index contributed by atoms with van der Waals surface area (Å²) in [7, 11) is 1.32. The van der Waals surface area contributed by atoms with Crippen LogP contribution in [0.3, 0.4) is 0 Å². The van der Waals surface area contributed by atoms with E-state index >= 15 is 0 Å². The fourth-order valence-corrected chi connectivity index (χ4v) is 2.48. The second-order valence-corrected chi connectivity index (χ2v) is 4.77. The van der Waals surface area contributed by atoms with Gasteiger partial charge in [0.05, 0.1) is 7.11 Å². The Morgan fingerprint density at radius 2 is 2.21 bits per heavy atom. The molecule has 14 heavy (non-hydrogen) atoms. The van der Waals surface area contributed by atoms with E-state index in [0.717, 1.165) is 10.2 Å². The third-order valence-electron chi connectivity index (χ3n) is 1.37. The summed E-state index contributed by atoms with van der Waals surface area (Å²) in [6.07, 6.45) is 0. The lowest BCUT2D eigenvalue weighted by molar-refractivity contribution is -0.144. The molecule has 1 amide bonds. The summed E-state index contributed by atoms with van der Waals surface area (Å²) in [5.41, 5.74) is 0. The molecule has 82 valence electrons. The molecule has 1 atom stereocenters. The molecule has 0 rings (SSSR count). The Bertz CT molecular complexity index is 201. The quantitative estimate of drug-likeness (QED) is 0.339. The van der Waals surface area contributed by atoms with Gasteiger partial charge in [-0.3, -0.25) is 4.79 Å². The highest BCUT2D eigenvalue weighted by molar-refractivity contribution is 14.1. The third kappa shape index (κ3) is 6.47. The van der Waals surface area contributed by atoms with Gasteiger partial charge < -0.3 is 10.1 Å². The molecule has 1 N–H and O–H groups in total. The van der Waals surface area contributed by atoms with E-state index in [4.69, 9.17) is 0 Å². The summed E-state index contributed by atoms with van der Waals surface area (Å²) in [5, 5.41) is 2.55. The van der Waals surface area contributed by atoms with Crippen molar-refractivity contribution in [3.63, 3.8) is 0 Å². The summed E-state index contributed by atoms with van der Waals surface area (Å²) < 4.78 is 5.60. The van der Waals surface area contributed by atoms with Crippen molar-refractivity contribution < 1.29 is 14.3 Å². The molecule has 0 saturated heterocycles. The van der Waals surface area contributed by atoms with Gasteiger partial charge in [0, 0.05) is 22.9 Å². The van der Waals surface area contributed by atoms with Crippen molar-refractivity contribution in [2.75, 3.05) is 23.0 Å². The zero-order valence-electron chi connectivity index (χ0n) is 8.21. The SMILES string of the molecule is COC(=O)C(CSCCI)NC(C)=O. The number of rotatable bonds is 6. The van der Waals surface area contributed by atoms with Crippen LogP contribution < -0.4 is 5.32 Å². The summed E-state index contributed by atoms with van der Waals surface area (Å²) >= 11 is 3.89. The van der Waals surface area contributed by atoms with E-state index in [-0.39, 0.29) is 11.9 Å². The minimum Gasteiger partial charge on any atom is -0.467 e. The molecule has 0 bridgehead atoms. The monoisotopic (exact) mass is 331 g/mol. The number of hydrogen-bond acceptors (Lipinski definition) is 4. The van der Waals surface area contributed by atoms with Gasteiger partial charge in [-0.25, -0.2) is 4.79 Å². The molecular formula is C8H14INO3S. The fourth-order valence-electron chi connectivity index (χ4n) is 0.812. The Hall–Kier alpha value is 0.0200. The van der Waals surface area contributed by atoms with Gasteiger partial charge in [-0.05, 0) is 0 Å². The van der Waals surface area contributed by atoms with Crippen LogP contribution in [0.1, 0.15) is 6.92 Å². The minimum atomic E-state index is -0.523. The second kappa shape index (κ2) is 8.34. The molecule has 0 aliphatic carbocycles. The molecule has 6 heteroatoms. The van der Waals surface area contributed by atoms with Crippen LogP contribution in [-0.2, 0) is 14.3 Å². The van der Waals surface area contributed by atoms with Gasteiger partial charge >= 0.3 is 5.97 Å². The molecule has 4 nitrogen and oxygen atoms in total. The van der Waals surface area contributed by atoms with E-state index in [1.165, 1.54) is 14.0 Å². The Morgan fingerprint density at radius 3 is 2.64 bits per heavy atom. The van der Waals surface area contributed by atoms with Crippen molar-refractivity contribution in [3.8, 4) is 0 Å². The van der Waals surface area contributed by atoms with Crippen molar-refractivity contribution in [2.45, 2.75) is 13.0 Å². The molecule has 0 aromatic heterocycles. The van der Waals surface area contributed by atoms with Crippen LogP contribution in [0.25, 0.3) is 0 Å². The van der Waals surface area contributed by atoms with Crippen LogP contribution in [0.15, 0.2) is 0 Å². The highest BCUT2D eigenvalue weighted by Crippen LogP contribution is 2.05. The average molecular weight is 331 g/mol. The average Bonchev–Trinajstić information content (AvgIpc) is 2.15. The Labute approximate surface area is 102 Å². The van der Waals surface area contributed by atoms with Gasteiger partial charge in [0.1, 0.15) is 6.04 Å². The van der Waals surface area contributed by atoms with E-state index < -0.39 is 6.04 Å². The topological polar surface area (TPSA) is 55.4 Å². The largest absolute Gasteiger partial charge is 0.467 e. The van der Waals surface area contributed by atoms with E-state index in [2.05, 4.69) is 32.6 Å². The summed E-state index contributed by atoms with van der Waals surface area (Å²) in [6.45, 7) is 1.39. The smallest absolute Gasteiger partial charge is 0.329 e. The van der Waals surface area contributed by atoms with Crippen LogP contribution in [0.4, 0.5) is 0 Å². The molecule has 0 aromatic rings. The first-order chi connectivity index (χ1) is 6.61. The number of halogens is 1. The zero-order chi connectivity index (χ0) is 11.0. The maximum atomic E-state index is 11.2. The Kier molecular flexibility index (Phi) is 8.35. The summed E-state index contributed by atoms with van der Waals surface area (Å²) in [6, 6.07) is -0.523. The Morgan fingerprint density at radius 1 is 1.57 bits per heavy atom. The van der Waals surface area contributed by atoms with Gasteiger partial charge in [-0.1, -0.05) is 22.6 Å². The number of esters is 1. The number of carbonyl (C=O) groups is 2. The Balaban J connectivity index is 3.97. The van der Waals surface area contributed by atoms with Crippen molar-refractivity contribution in [2.24, 2.45) is 0 Å². The molecule has 0 saturated carbocycles. The standard InChI is InChI=1S/C8H14INO3S/c1-6(11)10-7(8(12)13-2)5-14-4-3-9/h7H,3-5H2,1-2H3,(H,10,11). The van der Waals surface area contributed by atoms with Crippen LogP contribution in [0, 0.1) is 0 Å². The number of carbonyl (C=O) groups excluding carboxylic acids is 2. The summed E-state index contributed by atoms with van der Waals surface area (Å²) in [5.74, 6) is 0.930. The maximum Gasteiger partial charge on any atom is 0.329 e. The van der Waals surface area contributed by atoms with Gasteiger partial charge in [-0.15, -0.1) is 0 Å². The second-order valence-electron chi connectivity index (χ2n) is 2.54. The van der Waals surface area contributed by atoms with Crippen LogP contribution in [0.2, 0.25) is 0 Å². The van der Waals surface area contributed by atoms with Crippen molar-refractivity contribution >= 4 is 46.2 Å². The highest BCUT2D eigenvalue weighted by Gasteiger charge is 2.19. The first-order valence-corrected chi connectivity index (χ1v) is 6.78. The van der Waals surface area contributed by atoms with Crippen LogP contribution in [-0.4, -0.2) is 41.0 Å². The van der Waals surface area contributed by atoms with Gasteiger partial charge in [-0.2, -0.15) is 11.8 Å². The van der Waals surface area contributed by atoms with Crippen molar-refractivity contribution in [3.05, 3.63) is 0 Å². The maximum absolute atomic E-state index is 11.2. The number of thioether (sulfide) groups is 1. The fraction of sp³-hybridized carbons (Fsp3) is 0.750. The predicted molar refractivity (Wildman–Crippen MR) is 65.8 cm³/mol. The first-order valence-electron chi connectivity index (χ1n) is 4.10. The molecule has 0 heterocycles. The number of methoxy groups -OCH3 is 1. The van der Waals surface area contributed by atoms with E-state index in [1.807, 2.05) is 0 Å². The lowest BCUT2D eigenvalue weighted by atomic mass is 10.3. The predicted octanol–water partition coefficient (Wildman–Crippen LogP) is 0.832. The van der Waals surface area contributed by atoms with E-state index in [1.54, 1.807) is 11.8 Å². The van der Waals surface area contributed by atoms with Crippen molar-refractivity contribution in [1.29, 1.82) is 0 Å². The molecule has 0 fully saturated rings. The number of amides is 1. The lowest BCUT2D eigenvalue weighted by Crippen LogP contribution is -2.42. The molecule has 0 aliphatic rings. The van der Waals surface area contributed by atoms with E-state index in [9.17, 15) is 9.59 Å². The summed E-state index contributed by atoms with van der Waals surface area (Å²) in [4.78, 5) is 22.0. The van der Waals surface area contributed by atoms with Gasteiger partial charge in [0.25, 0.3) is 0 Å². The third-order valence-corrected chi connectivity index (χ3v) is 3.70. The first kappa shape index (κ1) is 14.0. The van der Waals surface area contributed by atoms with Crippen LogP contribution in [0.5, 0.6) is 0 Å². The zero-order valence-corrected chi connectivity index (χ0v) is 11.2. The van der Waals surface area contributed by atoms with Gasteiger partial charge in [0.2, 0.25) is 5.91 Å². The van der Waals surface area contributed by atoms with E-state index in [0.29, 0.717) is 5.75 Å². The minimum absolute atomic E-state index is 0.213. The molecule has 0 radical (unpaired) electrons. The molecule has 1 unspecified atom stereocenters. The number of alkyl halides is 1. The van der Waals surface area contributed by atoms with Crippen molar-refractivity contribution in [1.82, 2.24) is 5.32 Å². The lowest BCUT2D eigenvalue weighted by Gasteiger charge is -2.14. The number of nitrogens with one attached hydrogen (secondary N) is 1. The normalized spacial score (nSPS) is 11.9. The molecule has 0 aromatic carbocycles. The van der Waals surface area contributed by atoms with Gasteiger partial charge in [0.15, 0.2) is 0 Å². The number of ether oxygens (including phenoxy) is 1. The highest BCUT2D eigenvalue weighted by atomic mass is 127. The van der Waals surface area contributed by atoms with Crippen LogP contribution >= 0.6 is 34.4 Å². The molecular weight excluding hydrogens is 317 g/mol. The molecule has 0 spiro atoms. The molecule has 0 aliphatic heterocycles.